The standard InChI is InChI=1S/C19H20F3N3O4S/c1-23-17(26)12-8-30-16-13(19(20,21)22)6-14(25-15(12)16)28-10-4-11(5-10)29-18(27)24-7-9-2-3-9/h6,8-11H,2-5,7H2,1H3,(H,23,26)(H,24,27). The number of nitrogens with zero attached hydrogens (tertiary/aromatic N) is 1. The summed E-state index contributed by atoms with van der Waals surface area (Å²) in [5.74, 6) is -0.191. The van der Waals surface area contributed by atoms with E-state index in [2.05, 4.69) is 15.6 Å². The minimum Gasteiger partial charge on any atom is -0.474 e. The van der Waals surface area contributed by atoms with Gasteiger partial charge in [-0.2, -0.15) is 13.2 Å². The number of carbonyl (C=O) groups excluding carboxylic acids is 2. The first-order chi connectivity index (χ1) is 14.2. The quantitative estimate of drug-likeness (QED) is 0.710. The molecule has 7 nitrogen and oxygen atoms in total. The van der Waals surface area contributed by atoms with E-state index >= 15 is 0 Å². The lowest BCUT2D eigenvalue weighted by molar-refractivity contribution is -0.136. The Hall–Kier alpha value is -2.56. The van der Waals surface area contributed by atoms with Crippen molar-refractivity contribution in [3.63, 3.8) is 0 Å². The average molecular weight is 443 g/mol. The molecule has 2 aromatic rings. The number of hydrogen-bond acceptors (Lipinski definition) is 6. The summed E-state index contributed by atoms with van der Waals surface area (Å²) in [6.07, 6.45) is -2.91. The van der Waals surface area contributed by atoms with Gasteiger partial charge in [0.1, 0.15) is 12.2 Å². The molecule has 4 rings (SSSR count). The van der Waals surface area contributed by atoms with E-state index in [9.17, 15) is 22.8 Å². The zero-order valence-electron chi connectivity index (χ0n) is 16.0. The number of carbonyl (C=O) groups is 2. The molecule has 2 fully saturated rings. The molecule has 2 heterocycles. The fourth-order valence-corrected chi connectivity index (χ4v) is 4.20. The van der Waals surface area contributed by atoms with E-state index in [4.69, 9.17) is 9.47 Å². The molecule has 2 aliphatic rings. The van der Waals surface area contributed by atoms with E-state index in [1.54, 1.807) is 0 Å². The fraction of sp³-hybridized carbons (Fsp3) is 0.526. The van der Waals surface area contributed by atoms with Crippen LogP contribution in [0.4, 0.5) is 18.0 Å². The maximum absolute atomic E-state index is 13.5. The van der Waals surface area contributed by atoms with Gasteiger partial charge in [0, 0.05) is 37.9 Å². The molecule has 11 heteroatoms. The summed E-state index contributed by atoms with van der Waals surface area (Å²) in [6.45, 7) is 0.601. The summed E-state index contributed by atoms with van der Waals surface area (Å²) >= 11 is 0.813. The van der Waals surface area contributed by atoms with Gasteiger partial charge < -0.3 is 20.1 Å². The maximum atomic E-state index is 13.5. The van der Waals surface area contributed by atoms with Crippen LogP contribution in [-0.2, 0) is 10.9 Å². The Morgan fingerprint density at radius 2 is 2.00 bits per heavy atom. The number of alkyl carbamates (subject to hydrolysis) is 1. The second-order valence-electron chi connectivity index (χ2n) is 7.47. The molecule has 2 saturated carbocycles. The van der Waals surface area contributed by atoms with Crippen molar-refractivity contribution < 1.29 is 32.2 Å². The van der Waals surface area contributed by atoms with Crippen LogP contribution >= 0.6 is 11.3 Å². The number of hydrogen-bond donors (Lipinski definition) is 2. The Morgan fingerprint density at radius 1 is 1.27 bits per heavy atom. The molecule has 0 aliphatic heterocycles. The normalized spacial score (nSPS) is 21.1. The third kappa shape index (κ3) is 4.45. The molecule has 0 aromatic carbocycles. The van der Waals surface area contributed by atoms with Gasteiger partial charge >= 0.3 is 12.3 Å². The van der Waals surface area contributed by atoms with Crippen LogP contribution in [0.1, 0.15) is 41.6 Å². The van der Waals surface area contributed by atoms with Crippen LogP contribution in [0.3, 0.4) is 0 Å². The number of rotatable bonds is 6. The molecule has 0 bridgehead atoms. The Morgan fingerprint density at radius 3 is 2.63 bits per heavy atom. The molecule has 2 aliphatic carbocycles. The van der Waals surface area contributed by atoms with Gasteiger partial charge in [-0.05, 0) is 18.8 Å². The number of halogens is 3. The van der Waals surface area contributed by atoms with Gasteiger partial charge in [0.2, 0.25) is 5.88 Å². The van der Waals surface area contributed by atoms with Gasteiger partial charge in [-0.15, -0.1) is 11.3 Å². The van der Waals surface area contributed by atoms with E-state index in [1.807, 2.05) is 0 Å². The van der Waals surface area contributed by atoms with Crippen molar-refractivity contribution in [2.75, 3.05) is 13.6 Å². The predicted octanol–water partition coefficient (Wildman–Crippen LogP) is 3.72. The minimum atomic E-state index is -4.62. The van der Waals surface area contributed by atoms with E-state index in [-0.39, 0.29) is 27.8 Å². The molecule has 2 N–H and O–H groups in total. The SMILES string of the molecule is CNC(=O)c1csc2c(C(F)(F)F)cc(OC3CC(OC(=O)NCC4CC4)C3)nc12. The number of pyridine rings is 1. The summed E-state index contributed by atoms with van der Waals surface area (Å²) < 4.78 is 51.3. The Balaban J connectivity index is 1.44. The first kappa shape index (κ1) is 20.7. The lowest BCUT2D eigenvalue weighted by Gasteiger charge is -2.34. The Bertz CT molecular complexity index is 968. The molecular formula is C19H20F3N3O4S. The van der Waals surface area contributed by atoms with Gasteiger partial charge in [-0.25, -0.2) is 9.78 Å². The largest absolute Gasteiger partial charge is 0.474 e. The van der Waals surface area contributed by atoms with E-state index in [1.165, 1.54) is 12.4 Å². The van der Waals surface area contributed by atoms with Gasteiger partial charge in [0.25, 0.3) is 5.91 Å². The number of aromatic nitrogens is 1. The average Bonchev–Trinajstić information content (AvgIpc) is 3.40. The smallest absolute Gasteiger partial charge is 0.418 e. The van der Waals surface area contributed by atoms with Crippen LogP contribution in [0.25, 0.3) is 10.2 Å². The summed E-state index contributed by atoms with van der Waals surface area (Å²) in [5, 5.41) is 6.44. The molecular weight excluding hydrogens is 423 g/mol. The number of ether oxygens (including phenoxy) is 2. The summed E-state index contributed by atoms with van der Waals surface area (Å²) in [7, 11) is 1.40. The second-order valence-corrected chi connectivity index (χ2v) is 8.35. The summed E-state index contributed by atoms with van der Waals surface area (Å²) in [5.41, 5.74) is -0.874. The highest BCUT2D eigenvalue weighted by Gasteiger charge is 2.38. The topological polar surface area (TPSA) is 89.5 Å². The van der Waals surface area contributed by atoms with Crippen molar-refractivity contribution in [2.24, 2.45) is 5.92 Å². The van der Waals surface area contributed by atoms with Crippen molar-refractivity contribution in [3.05, 3.63) is 22.6 Å². The molecule has 0 atom stereocenters. The van der Waals surface area contributed by atoms with Crippen molar-refractivity contribution in [1.29, 1.82) is 0 Å². The molecule has 162 valence electrons. The highest BCUT2D eigenvalue weighted by Crippen LogP contribution is 2.41. The van der Waals surface area contributed by atoms with Gasteiger partial charge in [-0.3, -0.25) is 4.79 Å². The lowest BCUT2D eigenvalue weighted by atomic mass is 9.92. The van der Waals surface area contributed by atoms with Gasteiger partial charge in [-0.1, -0.05) is 0 Å². The van der Waals surface area contributed by atoms with Crippen LogP contribution < -0.4 is 15.4 Å². The van der Waals surface area contributed by atoms with Crippen molar-refractivity contribution in [3.8, 4) is 5.88 Å². The number of thiophene rings is 1. The Labute approximate surface area is 173 Å². The number of alkyl halides is 3. The van der Waals surface area contributed by atoms with Crippen LogP contribution in [0.2, 0.25) is 0 Å². The molecule has 0 saturated heterocycles. The van der Waals surface area contributed by atoms with Crippen molar-refractivity contribution >= 4 is 33.6 Å². The highest BCUT2D eigenvalue weighted by atomic mass is 32.1. The van der Waals surface area contributed by atoms with E-state index in [0.717, 1.165) is 30.2 Å². The van der Waals surface area contributed by atoms with E-state index in [0.29, 0.717) is 25.3 Å². The van der Waals surface area contributed by atoms with Crippen LogP contribution in [-0.4, -0.2) is 42.8 Å². The predicted molar refractivity (Wildman–Crippen MR) is 103 cm³/mol. The summed E-state index contributed by atoms with van der Waals surface area (Å²) in [4.78, 5) is 27.8. The summed E-state index contributed by atoms with van der Waals surface area (Å²) in [6, 6.07) is 0.850. The van der Waals surface area contributed by atoms with E-state index < -0.39 is 29.8 Å². The first-order valence-electron chi connectivity index (χ1n) is 9.57. The molecule has 0 spiro atoms. The first-order valence-corrected chi connectivity index (χ1v) is 10.4. The zero-order valence-corrected chi connectivity index (χ0v) is 16.9. The van der Waals surface area contributed by atoms with Crippen LogP contribution in [0.15, 0.2) is 11.4 Å². The molecule has 0 radical (unpaired) electrons. The third-order valence-electron chi connectivity index (χ3n) is 5.12. The van der Waals surface area contributed by atoms with Crippen LogP contribution in [0.5, 0.6) is 5.88 Å². The molecule has 2 amide bonds. The van der Waals surface area contributed by atoms with Crippen molar-refractivity contribution in [1.82, 2.24) is 15.6 Å². The van der Waals surface area contributed by atoms with Crippen LogP contribution in [0, 0.1) is 5.92 Å². The number of nitrogens with one attached hydrogen (secondary N) is 2. The third-order valence-corrected chi connectivity index (χ3v) is 6.12. The monoisotopic (exact) mass is 443 g/mol. The lowest BCUT2D eigenvalue weighted by Crippen LogP contribution is -2.43. The highest BCUT2D eigenvalue weighted by molar-refractivity contribution is 7.17. The van der Waals surface area contributed by atoms with Crippen molar-refractivity contribution in [2.45, 2.75) is 44.1 Å². The molecule has 2 aromatic heterocycles. The zero-order chi connectivity index (χ0) is 21.5. The van der Waals surface area contributed by atoms with Gasteiger partial charge in [0.15, 0.2) is 0 Å². The minimum absolute atomic E-state index is 0.0456. The van der Waals surface area contributed by atoms with Gasteiger partial charge in [0.05, 0.1) is 21.3 Å². The number of amides is 2. The second kappa shape index (κ2) is 7.93. The molecule has 30 heavy (non-hydrogen) atoms. The number of fused-ring (bicyclic) bond motifs is 1. The molecule has 0 unspecified atom stereocenters. The Kier molecular flexibility index (Phi) is 5.48. The maximum Gasteiger partial charge on any atom is 0.418 e. The fourth-order valence-electron chi connectivity index (χ4n) is 3.18.